The minimum Gasteiger partial charge on any atom is -0.326 e. The zero-order valence-corrected chi connectivity index (χ0v) is 7.64. The normalized spacial score (nSPS) is 31.6. The van der Waals surface area contributed by atoms with E-state index in [0.29, 0.717) is 12.1 Å². The summed E-state index contributed by atoms with van der Waals surface area (Å²) in [7, 11) is 0. The van der Waals surface area contributed by atoms with E-state index in [1.54, 1.807) is 0 Å². The van der Waals surface area contributed by atoms with Gasteiger partial charge >= 0.3 is 0 Å². The van der Waals surface area contributed by atoms with Gasteiger partial charge in [0, 0.05) is 12.1 Å². The topological polar surface area (TPSA) is 38.0 Å². The maximum Gasteiger partial charge on any atom is 0.0219 e. The van der Waals surface area contributed by atoms with E-state index in [0.717, 1.165) is 12.5 Å². The molecule has 0 unspecified atom stereocenters. The second kappa shape index (κ2) is 4.07. The molecule has 1 fully saturated rings. The first-order valence-electron chi connectivity index (χ1n) is 4.69. The Bertz CT molecular complexity index is 112. The number of rotatable bonds is 3. The van der Waals surface area contributed by atoms with Gasteiger partial charge in [0.05, 0.1) is 0 Å². The van der Waals surface area contributed by atoms with Crippen LogP contribution in [-0.4, -0.2) is 18.6 Å². The predicted octanol–water partition coefficient (Wildman–Crippen LogP) is 1.11. The Morgan fingerprint density at radius 1 is 1.45 bits per heavy atom. The summed E-state index contributed by atoms with van der Waals surface area (Å²) in [5.74, 6) is 0.739. The van der Waals surface area contributed by atoms with Gasteiger partial charge in [0.15, 0.2) is 0 Å². The SMILES string of the molecule is CC(C)CN[C@H]1CCC[C@H]1N. The molecule has 0 aromatic heterocycles. The molecule has 11 heavy (non-hydrogen) atoms. The van der Waals surface area contributed by atoms with E-state index in [-0.39, 0.29) is 0 Å². The Labute approximate surface area is 69.5 Å². The minimum atomic E-state index is 0.411. The molecule has 1 aliphatic carbocycles. The zero-order chi connectivity index (χ0) is 8.27. The highest BCUT2D eigenvalue weighted by molar-refractivity contribution is 4.85. The molecule has 1 rings (SSSR count). The van der Waals surface area contributed by atoms with E-state index in [1.807, 2.05) is 0 Å². The van der Waals surface area contributed by atoms with E-state index >= 15 is 0 Å². The Kier molecular flexibility index (Phi) is 3.34. The molecule has 2 atom stereocenters. The standard InChI is InChI=1S/C9H20N2/c1-7(2)6-11-9-5-3-4-8(9)10/h7-9,11H,3-6,10H2,1-2H3/t8-,9+/m1/s1. The molecule has 0 aromatic rings. The Hall–Kier alpha value is -0.0800. The van der Waals surface area contributed by atoms with E-state index < -0.39 is 0 Å². The highest BCUT2D eigenvalue weighted by Crippen LogP contribution is 2.16. The van der Waals surface area contributed by atoms with Crippen LogP contribution in [0.2, 0.25) is 0 Å². The van der Waals surface area contributed by atoms with E-state index in [2.05, 4.69) is 19.2 Å². The monoisotopic (exact) mass is 156 g/mol. The molecule has 0 bridgehead atoms. The Morgan fingerprint density at radius 3 is 2.64 bits per heavy atom. The van der Waals surface area contributed by atoms with Crippen LogP contribution < -0.4 is 11.1 Å². The molecule has 0 amide bonds. The van der Waals surface area contributed by atoms with Gasteiger partial charge in [-0.1, -0.05) is 20.3 Å². The Balaban J connectivity index is 2.15. The molecule has 66 valence electrons. The quantitative estimate of drug-likeness (QED) is 0.642. The van der Waals surface area contributed by atoms with Crippen molar-refractivity contribution in [3.05, 3.63) is 0 Å². The molecular formula is C9H20N2. The summed E-state index contributed by atoms with van der Waals surface area (Å²) in [4.78, 5) is 0. The number of nitrogens with two attached hydrogens (primary N) is 1. The first-order chi connectivity index (χ1) is 5.20. The van der Waals surface area contributed by atoms with Crippen LogP contribution in [0.4, 0.5) is 0 Å². The average Bonchev–Trinajstić information content (AvgIpc) is 2.31. The summed E-state index contributed by atoms with van der Waals surface area (Å²) in [6.45, 7) is 5.57. The highest BCUT2D eigenvalue weighted by atomic mass is 15.0. The largest absolute Gasteiger partial charge is 0.326 e. The van der Waals surface area contributed by atoms with Crippen molar-refractivity contribution >= 4 is 0 Å². The summed E-state index contributed by atoms with van der Waals surface area (Å²) in [6.07, 6.45) is 3.78. The van der Waals surface area contributed by atoms with E-state index in [4.69, 9.17) is 5.73 Å². The average molecular weight is 156 g/mol. The van der Waals surface area contributed by atoms with Gasteiger partial charge in [0.25, 0.3) is 0 Å². The van der Waals surface area contributed by atoms with Crippen LogP contribution in [0, 0.1) is 5.92 Å². The minimum absolute atomic E-state index is 0.411. The number of hydrogen-bond acceptors (Lipinski definition) is 2. The lowest BCUT2D eigenvalue weighted by atomic mass is 10.1. The molecule has 1 aliphatic rings. The van der Waals surface area contributed by atoms with Crippen molar-refractivity contribution in [3.8, 4) is 0 Å². The molecule has 1 saturated carbocycles. The molecule has 0 radical (unpaired) electrons. The molecule has 3 N–H and O–H groups in total. The lowest BCUT2D eigenvalue weighted by Crippen LogP contribution is -2.42. The summed E-state index contributed by atoms with van der Waals surface area (Å²) in [5.41, 5.74) is 5.90. The lowest BCUT2D eigenvalue weighted by Gasteiger charge is -2.18. The third-order valence-electron chi connectivity index (χ3n) is 2.36. The molecule has 0 aromatic carbocycles. The fourth-order valence-corrected chi connectivity index (χ4v) is 1.63. The molecule has 0 aliphatic heterocycles. The highest BCUT2D eigenvalue weighted by Gasteiger charge is 2.22. The molecule has 2 heteroatoms. The fraction of sp³-hybridized carbons (Fsp3) is 1.00. The van der Waals surface area contributed by atoms with Crippen LogP contribution in [0.25, 0.3) is 0 Å². The molecule has 0 saturated heterocycles. The van der Waals surface area contributed by atoms with Crippen LogP contribution in [-0.2, 0) is 0 Å². The van der Waals surface area contributed by atoms with Gasteiger partial charge in [0.1, 0.15) is 0 Å². The van der Waals surface area contributed by atoms with Crippen molar-refractivity contribution in [1.29, 1.82) is 0 Å². The van der Waals surface area contributed by atoms with Crippen molar-refractivity contribution in [2.24, 2.45) is 11.7 Å². The summed E-state index contributed by atoms with van der Waals surface area (Å²) < 4.78 is 0. The molecule has 0 heterocycles. The van der Waals surface area contributed by atoms with E-state index in [1.165, 1.54) is 19.3 Å². The third kappa shape index (κ3) is 2.80. The second-order valence-electron chi connectivity index (χ2n) is 4.00. The van der Waals surface area contributed by atoms with Crippen molar-refractivity contribution in [3.63, 3.8) is 0 Å². The lowest BCUT2D eigenvalue weighted by molar-refractivity contribution is 0.438. The summed E-state index contributed by atoms with van der Waals surface area (Å²) >= 11 is 0. The van der Waals surface area contributed by atoms with Crippen molar-refractivity contribution < 1.29 is 0 Å². The molecule has 2 nitrogen and oxygen atoms in total. The van der Waals surface area contributed by atoms with Gasteiger partial charge < -0.3 is 11.1 Å². The van der Waals surface area contributed by atoms with Gasteiger partial charge in [-0.15, -0.1) is 0 Å². The second-order valence-corrected chi connectivity index (χ2v) is 4.00. The van der Waals surface area contributed by atoms with Gasteiger partial charge in [-0.05, 0) is 25.3 Å². The van der Waals surface area contributed by atoms with Crippen molar-refractivity contribution in [2.45, 2.75) is 45.2 Å². The van der Waals surface area contributed by atoms with Crippen LogP contribution in [0.5, 0.6) is 0 Å². The smallest absolute Gasteiger partial charge is 0.0219 e. The van der Waals surface area contributed by atoms with Crippen molar-refractivity contribution in [1.82, 2.24) is 5.32 Å². The third-order valence-corrected chi connectivity index (χ3v) is 2.36. The van der Waals surface area contributed by atoms with Gasteiger partial charge in [-0.2, -0.15) is 0 Å². The molecular weight excluding hydrogens is 136 g/mol. The Morgan fingerprint density at radius 2 is 2.18 bits per heavy atom. The van der Waals surface area contributed by atoms with Gasteiger partial charge in [-0.3, -0.25) is 0 Å². The van der Waals surface area contributed by atoms with Crippen LogP contribution in [0.3, 0.4) is 0 Å². The first-order valence-corrected chi connectivity index (χ1v) is 4.69. The zero-order valence-electron chi connectivity index (χ0n) is 7.64. The van der Waals surface area contributed by atoms with E-state index in [9.17, 15) is 0 Å². The maximum absolute atomic E-state index is 5.90. The number of hydrogen-bond donors (Lipinski definition) is 2. The van der Waals surface area contributed by atoms with Gasteiger partial charge in [0.2, 0.25) is 0 Å². The maximum atomic E-state index is 5.90. The van der Waals surface area contributed by atoms with Crippen molar-refractivity contribution in [2.75, 3.05) is 6.54 Å². The fourth-order valence-electron chi connectivity index (χ4n) is 1.63. The molecule has 0 spiro atoms. The predicted molar refractivity (Wildman–Crippen MR) is 48.5 cm³/mol. The first kappa shape index (κ1) is 9.01. The van der Waals surface area contributed by atoms with Gasteiger partial charge in [-0.25, -0.2) is 0 Å². The van der Waals surface area contributed by atoms with Crippen LogP contribution in [0.1, 0.15) is 33.1 Å². The van der Waals surface area contributed by atoms with Crippen LogP contribution in [0.15, 0.2) is 0 Å². The summed E-state index contributed by atoms with van der Waals surface area (Å²) in [6, 6.07) is 1.01. The van der Waals surface area contributed by atoms with Crippen LogP contribution >= 0.6 is 0 Å². The number of nitrogens with one attached hydrogen (secondary N) is 1. The summed E-state index contributed by atoms with van der Waals surface area (Å²) in [5, 5.41) is 3.51.